The maximum Gasteiger partial charge on any atom is 0.164 e. The second-order valence-electron chi connectivity index (χ2n) is 14.4. The SMILES string of the molecule is c1ccc(-c2ccc(-c3cnc4sc5cnc(-c6cccc7c(-c8ccc(-c9nc(-c%10ccccc%10)nc(-c%10ccccc%10)n9)cc8)cccc67)nc5c4c3)cc2)cc1. The number of fused-ring (bicyclic) bond motifs is 4. The highest BCUT2D eigenvalue weighted by molar-refractivity contribution is 7.25. The molecule has 7 heteroatoms. The van der Waals surface area contributed by atoms with E-state index in [9.17, 15) is 0 Å². The molecule has 11 aromatic rings. The molecule has 0 fully saturated rings. The zero-order valence-corrected chi connectivity index (χ0v) is 32.4. The molecule has 0 aliphatic carbocycles. The Morgan fingerprint density at radius 3 is 1.39 bits per heavy atom. The molecule has 0 N–H and O–H groups in total. The molecule has 0 spiro atoms. The first-order chi connectivity index (χ1) is 29.2. The van der Waals surface area contributed by atoms with Gasteiger partial charge in [0.1, 0.15) is 4.83 Å². The van der Waals surface area contributed by atoms with Gasteiger partial charge < -0.3 is 0 Å². The first-order valence-corrected chi connectivity index (χ1v) is 20.2. The summed E-state index contributed by atoms with van der Waals surface area (Å²) in [5.41, 5.74) is 11.5. The van der Waals surface area contributed by atoms with Crippen LogP contribution in [0.15, 0.2) is 194 Å². The molecule has 0 unspecified atom stereocenters. The summed E-state index contributed by atoms with van der Waals surface area (Å²) in [5, 5.41) is 3.24. The largest absolute Gasteiger partial charge is 0.245 e. The molecule has 0 atom stereocenters. The summed E-state index contributed by atoms with van der Waals surface area (Å²) >= 11 is 1.62. The van der Waals surface area contributed by atoms with Gasteiger partial charge in [0.25, 0.3) is 0 Å². The minimum absolute atomic E-state index is 0.626. The van der Waals surface area contributed by atoms with Gasteiger partial charge in [0.05, 0.1) is 10.2 Å². The molecule has 6 nitrogen and oxygen atoms in total. The van der Waals surface area contributed by atoms with E-state index in [0.717, 1.165) is 75.7 Å². The van der Waals surface area contributed by atoms with E-state index in [-0.39, 0.29) is 0 Å². The lowest BCUT2D eigenvalue weighted by molar-refractivity contribution is 1.07. The number of hydrogen-bond donors (Lipinski definition) is 0. The molecule has 4 heterocycles. The van der Waals surface area contributed by atoms with Crippen LogP contribution in [-0.2, 0) is 0 Å². The summed E-state index contributed by atoms with van der Waals surface area (Å²) in [6.45, 7) is 0. The Balaban J connectivity index is 0.940. The summed E-state index contributed by atoms with van der Waals surface area (Å²) in [6, 6.07) is 62.7. The quantitative estimate of drug-likeness (QED) is 0.161. The average molecular weight is 773 g/mol. The van der Waals surface area contributed by atoms with Gasteiger partial charge >= 0.3 is 0 Å². The number of rotatable bonds is 7. The predicted molar refractivity (Wildman–Crippen MR) is 242 cm³/mol. The summed E-state index contributed by atoms with van der Waals surface area (Å²) in [6.07, 6.45) is 3.89. The van der Waals surface area contributed by atoms with Crippen molar-refractivity contribution in [1.82, 2.24) is 29.9 Å². The number of pyridine rings is 1. The van der Waals surface area contributed by atoms with Crippen LogP contribution in [0.5, 0.6) is 0 Å². The van der Waals surface area contributed by atoms with Crippen molar-refractivity contribution in [1.29, 1.82) is 0 Å². The van der Waals surface area contributed by atoms with E-state index in [4.69, 9.17) is 29.9 Å². The van der Waals surface area contributed by atoms with Gasteiger partial charge in [-0.05, 0) is 44.7 Å². The first-order valence-electron chi connectivity index (χ1n) is 19.4. The smallest absolute Gasteiger partial charge is 0.164 e. The molecule has 0 saturated heterocycles. The Morgan fingerprint density at radius 1 is 0.305 bits per heavy atom. The highest BCUT2D eigenvalue weighted by Crippen LogP contribution is 2.38. The summed E-state index contributed by atoms with van der Waals surface area (Å²) in [7, 11) is 0. The van der Waals surface area contributed by atoms with Gasteiger partial charge in [-0.3, -0.25) is 0 Å². The number of thiophene rings is 1. The van der Waals surface area contributed by atoms with Crippen molar-refractivity contribution in [2.24, 2.45) is 0 Å². The average Bonchev–Trinajstić information content (AvgIpc) is 3.69. The van der Waals surface area contributed by atoms with Crippen LogP contribution >= 0.6 is 11.3 Å². The minimum atomic E-state index is 0.626. The van der Waals surface area contributed by atoms with Crippen molar-refractivity contribution >= 4 is 42.5 Å². The molecule has 59 heavy (non-hydrogen) atoms. The van der Waals surface area contributed by atoms with E-state index in [1.54, 1.807) is 11.3 Å². The van der Waals surface area contributed by atoms with Crippen LogP contribution in [0.3, 0.4) is 0 Å². The lowest BCUT2D eigenvalue weighted by atomic mass is 9.95. The number of benzene rings is 7. The molecule has 0 radical (unpaired) electrons. The van der Waals surface area contributed by atoms with Crippen LogP contribution in [-0.4, -0.2) is 29.9 Å². The van der Waals surface area contributed by atoms with Gasteiger partial charge in [-0.2, -0.15) is 0 Å². The highest BCUT2D eigenvalue weighted by atomic mass is 32.1. The summed E-state index contributed by atoms with van der Waals surface area (Å²) < 4.78 is 1.01. The molecular formula is C52H32N6S. The van der Waals surface area contributed by atoms with Crippen LogP contribution in [0.1, 0.15) is 0 Å². The summed E-state index contributed by atoms with van der Waals surface area (Å²) in [4.78, 5) is 30.6. The molecule has 7 aromatic carbocycles. The van der Waals surface area contributed by atoms with E-state index in [2.05, 4.69) is 115 Å². The zero-order valence-electron chi connectivity index (χ0n) is 31.6. The van der Waals surface area contributed by atoms with E-state index in [0.29, 0.717) is 23.3 Å². The lowest BCUT2D eigenvalue weighted by Crippen LogP contribution is -2.00. The van der Waals surface area contributed by atoms with Crippen molar-refractivity contribution < 1.29 is 0 Å². The lowest BCUT2D eigenvalue weighted by Gasteiger charge is -2.12. The third-order valence-corrected chi connectivity index (χ3v) is 11.7. The molecular weight excluding hydrogens is 741 g/mol. The molecule has 0 bridgehead atoms. The van der Waals surface area contributed by atoms with Gasteiger partial charge in [0, 0.05) is 45.6 Å². The third kappa shape index (κ3) is 6.49. The van der Waals surface area contributed by atoms with Crippen LogP contribution in [0.25, 0.3) is 110 Å². The number of aromatic nitrogens is 6. The molecule has 11 rings (SSSR count). The molecule has 0 saturated carbocycles. The predicted octanol–water partition coefficient (Wildman–Crippen LogP) is 13.2. The van der Waals surface area contributed by atoms with Gasteiger partial charge in [0.2, 0.25) is 0 Å². The number of hydrogen-bond acceptors (Lipinski definition) is 7. The topological polar surface area (TPSA) is 77.3 Å². The second-order valence-corrected chi connectivity index (χ2v) is 15.4. The van der Waals surface area contributed by atoms with E-state index < -0.39 is 0 Å². The fourth-order valence-electron chi connectivity index (χ4n) is 7.71. The normalized spacial score (nSPS) is 11.4. The fourth-order valence-corrected chi connectivity index (χ4v) is 8.65. The Kier molecular flexibility index (Phi) is 8.56. The van der Waals surface area contributed by atoms with Crippen LogP contribution in [0.2, 0.25) is 0 Å². The van der Waals surface area contributed by atoms with Gasteiger partial charge in [-0.1, -0.05) is 176 Å². The fraction of sp³-hybridized carbons (Fsp3) is 0. The zero-order chi connectivity index (χ0) is 39.1. The van der Waals surface area contributed by atoms with Gasteiger partial charge in [0.15, 0.2) is 23.3 Å². The molecule has 4 aromatic heterocycles. The van der Waals surface area contributed by atoms with Gasteiger partial charge in [-0.15, -0.1) is 11.3 Å². The number of nitrogens with zero attached hydrogens (tertiary/aromatic N) is 6. The Labute approximate surface area is 344 Å². The van der Waals surface area contributed by atoms with Crippen molar-refractivity contribution in [3.8, 4) is 78.9 Å². The Bertz CT molecular complexity index is 3240. The first kappa shape index (κ1) is 34.5. The molecule has 276 valence electrons. The third-order valence-electron chi connectivity index (χ3n) is 10.7. The summed E-state index contributed by atoms with van der Waals surface area (Å²) in [5.74, 6) is 2.59. The van der Waals surface area contributed by atoms with Crippen molar-refractivity contribution in [3.63, 3.8) is 0 Å². The standard InChI is InChI=1S/C52H32N6S/c1-4-12-33(13-5-1)34-22-24-35(25-23-34)40-30-45-47-46(59-52(45)54-31-40)32-53-51(55-47)44-21-11-19-42-41(18-10-20-43(42)44)36-26-28-39(29-27-36)50-57-48(37-14-6-2-7-15-37)56-49(58-50)38-16-8-3-9-17-38/h1-32H. The molecule has 0 aliphatic rings. The monoisotopic (exact) mass is 772 g/mol. The van der Waals surface area contributed by atoms with E-state index >= 15 is 0 Å². The minimum Gasteiger partial charge on any atom is -0.245 e. The van der Waals surface area contributed by atoms with Crippen LogP contribution < -0.4 is 0 Å². The molecule has 0 aliphatic heterocycles. The Hall–Kier alpha value is -7.74. The maximum absolute atomic E-state index is 5.22. The van der Waals surface area contributed by atoms with E-state index in [1.807, 2.05) is 79.1 Å². The van der Waals surface area contributed by atoms with Gasteiger partial charge in [-0.25, -0.2) is 29.9 Å². The molecule has 0 amide bonds. The van der Waals surface area contributed by atoms with Crippen LogP contribution in [0, 0.1) is 0 Å². The van der Waals surface area contributed by atoms with Crippen molar-refractivity contribution in [3.05, 3.63) is 194 Å². The second kappa shape index (κ2) is 14.6. The van der Waals surface area contributed by atoms with Crippen molar-refractivity contribution in [2.45, 2.75) is 0 Å². The van der Waals surface area contributed by atoms with Crippen molar-refractivity contribution in [2.75, 3.05) is 0 Å². The van der Waals surface area contributed by atoms with E-state index in [1.165, 1.54) is 11.1 Å². The van der Waals surface area contributed by atoms with Crippen LogP contribution in [0.4, 0.5) is 0 Å². The maximum atomic E-state index is 5.22. The highest BCUT2D eigenvalue weighted by Gasteiger charge is 2.16. The Morgan fingerprint density at radius 2 is 0.780 bits per heavy atom.